The largest absolute Gasteiger partial charge is 0.445 e. The molecule has 0 unspecified atom stereocenters. The number of nitrogens with zero attached hydrogens (tertiary/aromatic N) is 3. The zero-order valence-corrected chi connectivity index (χ0v) is 11.2. The summed E-state index contributed by atoms with van der Waals surface area (Å²) in [6.45, 7) is 2.61. The first kappa shape index (κ1) is 12.4. The number of nitrogens with one attached hydrogen (secondary N) is 1. The van der Waals surface area contributed by atoms with Crippen molar-refractivity contribution >= 4 is 0 Å². The Morgan fingerprint density at radius 3 is 3.05 bits per heavy atom. The van der Waals surface area contributed by atoms with E-state index in [4.69, 9.17) is 4.42 Å². The Balaban J connectivity index is 1.64. The number of aryl methyl sites for hydroxylation is 1. The van der Waals surface area contributed by atoms with E-state index in [1.54, 1.807) is 6.20 Å². The zero-order chi connectivity index (χ0) is 13.1. The van der Waals surface area contributed by atoms with Gasteiger partial charge in [-0.1, -0.05) is 12.8 Å². The molecule has 0 bridgehead atoms. The van der Waals surface area contributed by atoms with Crippen molar-refractivity contribution in [1.29, 1.82) is 0 Å². The van der Waals surface area contributed by atoms with E-state index in [1.165, 1.54) is 25.7 Å². The summed E-state index contributed by atoms with van der Waals surface area (Å²) in [6.07, 6.45) is 10.6. The molecule has 19 heavy (non-hydrogen) atoms. The van der Waals surface area contributed by atoms with E-state index in [0.717, 1.165) is 11.7 Å². The van der Waals surface area contributed by atoms with Gasteiger partial charge in [0.1, 0.15) is 5.76 Å². The van der Waals surface area contributed by atoms with Crippen molar-refractivity contribution < 1.29 is 4.42 Å². The summed E-state index contributed by atoms with van der Waals surface area (Å²) >= 11 is 0. The van der Waals surface area contributed by atoms with Crippen molar-refractivity contribution in [3.8, 4) is 0 Å². The second kappa shape index (κ2) is 5.57. The fourth-order valence-corrected chi connectivity index (χ4v) is 2.84. The lowest BCUT2D eigenvalue weighted by molar-refractivity contribution is 0.239. The van der Waals surface area contributed by atoms with Crippen LogP contribution in [0.5, 0.6) is 0 Å². The predicted octanol–water partition coefficient (Wildman–Crippen LogP) is 2.45. The highest BCUT2D eigenvalue weighted by Gasteiger charge is 2.26. The van der Waals surface area contributed by atoms with Gasteiger partial charge in [-0.2, -0.15) is 5.10 Å². The SMILES string of the molecule is Cc1cnc(CN[C@@H]2CCCC[C@H]2n2cccn2)o1. The Bertz CT molecular complexity index is 505. The maximum Gasteiger partial charge on any atom is 0.208 e. The molecular formula is C14H20N4O. The second-order valence-corrected chi connectivity index (χ2v) is 5.19. The second-order valence-electron chi connectivity index (χ2n) is 5.19. The van der Waals surface area contributed by atoms with Gasteiger partial charge >= 0.3 is 0 Å². The summed E-state index contributed by atoms with van der Waals surface area (Å²) in [7, 11) is 0. The summed E-state index contributed by atoms with van der Waals surface area (Å²) < 4.78 is 7.59. The maximum absolute atomic E-state index is 5.50. The van der Waals surface area contributed by atoms with E-state index < -0.39 is 0 Å². The van der Waals surface area contributed by atoms with Crippen LogP contribution in [-0.2, 0) is 6.54 Å². The fourth-order valence-electron chi connectivity index (χ4n) is 2.84. The normalized spacial score (nSPS) is 23.6. The van der Waals surface area contributed by atoms with Gasteiger partial charge in [-0.05, 0) is 25.8 Å². The highest BCUT2D eigenvalue weighted by atomic mass is 16.4. The Kier molecular flexibility index (Phi) is 3.64. The molecule has 102 valence electrons. The van der Waals surface area contributed by atoms with Crippen molar-refractivity contribution in [2.24, 2.45) is 0 Å². The minimum atomic E-state index is 0.444. The first-order chi connectivity index (χ1) is 9.33. The lowest BCUT2D eigenvalue weighted by atomic mass is 9.90. The molecule has 1 aliphatic rings. The molecule has 5 heteroatoms. The minimum Gasteiger partial charge on any atom is -0.445 e. The van der Waals surface area contributed by atoms with Gasteiger partial charge in [0.05, 0.1) is 18.8 Å². The standard InChI is InChI=1S/C14H20N4O/c1-11-9-16-14(19-11)10-15-12-5-2-3-6-13(12)18-8-4-7-17-18/h4,7-9,12-13,15H,2-3,5-6,10H2,1H3/t12-,13-/m1/s1. The summed E-state index contributed by atoms with van der Waals surface area (Å²) in [5, 5.41) is 7.96. The molecule has 0 aliphatic heterocycles. The van der Waals surface area contributed by atoms with Gasteiger partial charge in [0, 0.05) is 18.4 Å². The van der Waals surface area contributed by atoms with Gasteiger partial charge in [-0.15, -0.1) is 0 Å². The van der Waals surface area contributed by atoms with Crippen molar-refractivity contribution in [3.63, 3.8) is 0 Å². The smallest absolute Gasteiger partial charge is 0.208 e. The van der Waals surface area contributed by atoms with Crippen LogP contribution in [0.3, 0.4) is 0 Å². The number of aromatic nitrogens is 3. The van der Waals surface area contributed by atoms with Crippen LogP contribution in [-0.4, -0.2) is 20.8 Å². The zero-order valence-electron chi connectivity index (χ0n) is 11.2. The summed E-state index contributed by atoms with van der Waals surface area (Å²) in [6, 6.07) is 2.88. The van der Waals surface area contributed by atoms with Crippen LogP contribution in [0.25, 0.3) is 0 Å². The molecule has 5 nitrogen and oxygen atoms in total. The third-order valence-corrected chi connectivity index (χ3v) is 3.78. The van der Waals surface area contributed by atoms with Crippen LogP contribution >= 0.6 is 0 Å². The quantitative estimate of drug-likeness (QED) is 0.917. The minimum absolute atomic E-state index is 0.444. The molecule has 1 fully saturated rings. The van der Waals surface area contributed by atoms with E-state index in [1.807, 2.05) is 19.2 Å². The molecule has 0 amide bonds. The van der Waals surface area contributed by atoms with Crippen LogP contribution in [0, 0.1) is 6.92 Å². The molecule has 1 saturated carbocycles. The molecule has 0 saturated heterocycles. The molecule has 0 aromatic carbocycles. The van der Waals surface area contributed by atoms with Crippen molar-refractivity contribution in [2.45, 2.75) is 51.2 Å². The Morgan fingerprint density at radius 1 is 1.42 bits per heavy atom. The van der Waals surface area contributed by atoms with Crippen LogP contribution in [0.15, 0.2) is 29.1 Å². The van der Waals surface area contributed by atoms with Crippen LogP contribution in [0.4, 0.5) is 0 Å². The Hall–Kier alpha value is -1.62. The first-order valence-electron chi connectivity index (χ1n) is 6.97. The third-order valence-electron chi connectivity index (χ3n) is 3.78. The van der Waals surface area contributed by atoms with Crippen LogP contribution in [0.1, 0.15) is 43.4 Å². The summed E-state index contributed by atoms with van der Waals surface area (Å²) in [5.74, 6) is 1.63. The lowest BCUT2D eigenvalue weighted by Gasteiger charge is -2.32. The molecule has 0 radical (unpaired) electrons. The fraction of sp³-hybridized carbons (Fsp3) is 0.571. The highest BCUT2D eigenvalue weighted by Crippen LogP contribution is 2.28. The predicted molar refractivity (Wildman–Crippen MR) is 71.6 cm³/mol. The van der Waals surface area contributed by atoms with Crippen molar-refractivity contribution in [1.82, 2.24) is 20.1 Å². The monoisotopic (exact) mass is 260 g/mol. The van der Waals surface area contributed by atoms with Crippen LogP contribution < -0.4 is 5.32 Å². The molecule has 1 aliphatic carbocycles. The van der Waals surface area contributed by atoms with Gasteiger partial charge in [0.2, 0.25) is 5.89 Å². The van der Waals surface area contributed by atoms with Gasteiger partial charge in [-0.25, -0.2) is 4.98 Å². The Labute approximate surface area is 113 Å². The van der Waals surface area contributed by atoms with Gasteiger partial charge < -0.3 is 9.73 Å². The maximum atomic E-state index is 5.50. The molecule has 2 atom stereocenters. The average Bonchev–Trinajstić information content (AvgIpc) is 3.08. The number of rotatable bonds is 4. The van der Waals surface area contributed by atoms with Gasteiger partial charge in [-0.3, -0.25) is 4.68 Å². The van der Waals surface area contributed by atoms with E-state index in [9.17, 15) is 0 Å². The summed E-state index contributed by atoms with van der Waals surface area (Å²) in [4.78, 5) is 4.24. The summed E-state index contributed by atoms with van der Waals surface area (Å²) in [5.41, 5.74) is 0. The van der Waals surface area contributed by atoms with Crippen molar-refractivity contribution in [3.05, 3.63) is 36.3 Å². The van der Waals surface area contributed by atoms with Crippen molar-refractivity contribution in [2.75, 3.05) is 0 Å². The van der Waals surface area contributed by atoms with Crippen LogP contribution in [0.2, 0.25) is 0 Å². The average molecular weight is 260 g/mol. The first-order valence-corrected chi connectivity index (χ1v) is 6.97. The van der Waals surface area contributed by atoms with E-state index in [0.29, 0.717) is 18.6 Å². The lowest BCUT2D eigenvalue weighted by Crippen LogP contribution is -2.39. The highest BCUT2D eigenvalue weighted by molar-refractivity contribution is 4.93. The van der Waals surface area contributed by atoms with Gasteiger partial charge in [0.15, 0.2) is 0 Å². The van der Waals surface area contributed by atoms with E-state index in [-0.39, 0.29) is 0 Å². The molecule has 1 N–H and O–H groups in total. The van der Waals surface area contributed by atoms with Gasteiger partial charge in [0.25, 0.3) is 0 Å². The van der Waals surface area contributed by atoms with E-state index >= 15 is 0 Å². The molecule has 2 aromatic rings. The van der Waals surface area contributed by atoms with E-state index in [2.05, 4.69) is 26.3 Å². The topological polar surface area (TPSA) is 55.9 Å². The molecule has 0 spiro atoms. The number of hydrogen-bond donors (Lipinski definition) is 1. The molecule has 2 heterocycles. The molecule has 2 aromatic heterocycles. The number of oxazole rings is 1. The number of hydrogen-bond acceptors (Lipinski definition) is 4. The third kappa shape index (κ3) is 2.87. The molecule has 3 rings (SSSR count). The molecular weight excluding hydrogens is 240 g/mol. The Morgan fingerprint density at radius 2 is 2.32 bits per heavy atom.